The van der Waals surface area contributed by atoms with Gasteiger partial charge in [0.05, 0.1) is 18.8 Å². The molecule has 0 saturated carbocycles. The van der Waals surface area contributed by atoms with E-state index in [1.54, 1.807) is 4.90 Å². The number of nitrogen functional groups attached to an aromatic ring is 2. The zero-order valence-electron chi connectivity index (χ0n) is 7.82. The Bertz CT molecular complexity index is 403. The summed E-state index contributed by atoms with van der Waals surface area (Å²) >= 11 is 0. The third kappa shape index (κ3) is 1.24. The molecule has 4 N–H and O–H groups in total. The van der Waals surface area contributed by atoms with Gasteiger partial charge < -0.3 is 16.4 Å². The summed E-state index contributed by atoms with van der Waals surface area (Å²) in [4.78, 5) is 20.6. The Balaban J connectivity index is 2.39. The molecule has 2 heterocycles. The second-order valence-corrected chi connectivity index (χ2v) is 3.27. The van der Waals surface area contributed by atoms with Crippen molar-refractivity contribution in [3.63, 3.8) is 0 Å². The highest BCUT2D eigenvalue weighted by Gasteiger charge is 2.25. The first-order valence-corrected chi connectivity index (χ1v) is 4.24. The minimum atomic E-state index is 0.000899. The monoisotopic (exact) mass is 193 g/mol. The van der Waals surface area contributed by atoms with E-state index in [4.69, 9.17) is 11.5 Å². The smallest absolute Gasteiger partial charge is 0.222 e. The van der Waals surface area contributed by atoms with Gasteiger partial charge in [0.1, 0.15) is 5.82 Å². The van der Waals surface area contributed by atoms with Crippen molar-refractivity contribution < 1.29 is 4.79 Å². The van der Waals surface area contributed by atoms with Crippen LogP contribution in [0.25, 0.3) is 0 Å². The van der Waals surface area contributed by atoms with Crippen LogP contribution >= 0.6 is 0 Å². The van der Waals surface area contributed by atoms with Gasteiger partial charge in [0.25, 0.3) is 0 Å². The van der Waals surface area contributed by atoms with Crippen LogP contribution in [0.3, 0.4) is 0 Å². The molecule has 74 valence electrons. The Morgan fingerprint density at radius 2 is 2.07 bits per heavy atom. The lowest BCUT2D eigenvalue weighted by molar-refractivity contribution is -0.129. The third-order valence-corrected chi connectivity index (χ3v) is 2.28. The molecule has 0 saturated heterocycles. The molecule has 14 heavy (non-hydrogen) atoms. The summed E-state index contributed by atoms with van der Waals surface area (Å²) < 4.78 is 0. The van der Waals surface area contributed by atoms with E-state index < -0.39 is 0 Å². The lowest BCUT2D eigenvalue weighted by Gasteiger charge is -2.10. The number of amides is 1. The van der Waals surface area contributed by atoms with Gasteiger partial charge in [0.2, 0.25) is 11.9 Å². The molecule has 6 heteroatoms. The van der Waals surface area contributed by atoms with Crippen molar-refractivity contribution in [3.05, 3.63) is 11.3 Å². The lowest BCUT2D eigenvalue weighted by Crippen LogP contribution is -2.21. The largest absolute Gasteiger partial charge is 0.383 e. The minimum Gasteiger partial charge on any atom is -0.383 e. The van der Waals surface area contributed by atoms with Gasteiger partial charge >= 0.3 is 0 Å². The van der Waals surface area contributed by atoms with Crippen LogP contribution in [0.15, 0.2) is 0 Å². The van der Waals surface area contributed by atoms with Crippen molar-refractivity contribution in [1.82, 2.24) is 14.9 Å². The van der Waals surface area contributed by atoms with Gasteiger partial charge in [0.15, 0.2) is 0 Å². The van der Waals surface area contributed by atoms with Crippen molar-refractivity contribution in [2.45, 2.75) is 20.0 Å². The highest BCUT2D eigenvalue weighted by molar-refractivity contribution is 5.74. The first-order valence-electron chi connectivity index (χ1n) is 4.24. The molecule has 1 aliphatic rings. The number of aromatic nitrogens is 2. The zero-order chi connectivity index (χ0) is 10.3. The van der Waals surface area contributed by atoms with Crippen LogP contribution in [0.5, 0.6) is 0 Å². The third-order valence-electron chi connectivity index (χ3n) is 2.28. The Morgan fingerprint density at radius 1 is 1.36 bits per heavy atom. The fraction of sp³-hybridized carbons (Fsp3) is 0.375. The minimum absolute atomic E-state index is 0.000899. The number of nitrogens with two attached hydrogens (primary N) is 2. The summed E-state index contributed by atoms with van der Waals surface area (Å²) in [5, 5.41) is 0. The average Bonchev–Trinajstić information content (AvgIpc) is 2.47. The van der Waals surface area contributed by atoms with Crippen LogP contribution in [-0.4, -0.2) is 20.8 Å². The molecule has 0 atom stereocenters. The predicted molar refractivity (Wildman–Crippen MR) is 50.8 cm³/mol. The van der Waals surface area contributed by atoms with Gasteiger partial charge in [0, 0.05) is 12.5 Å². The first-order chi connectivity index (χ1) is 6.58. The molecular weight excluding hydrogens is 182 g/mol. The summed E-state index contributed by atoms with van der Waals surface area (Å²) in [7, 11) is 0. The van der Waals surface area contributed by atoms with Gasteiger partial charge in [-0.05, 0) is 0 Å². The number of anilines is 2. The van der Waals surface area contributed by atoms with Gasteiger partial charge in [-0.1, -0.05) is 0 Å². The SMILES string of the molecule is CC(=O)N1Cc2nc(N)nc(N)c2C1. The average molecular weight is 193 g/mol. The molecule has 0 radical (unpaired) electrons. The van der Waals surface area contributed by atoms with E-state index in [-0.39, 0.29) is 11.9 Å². The maximum Gasteiger partial charge on any atom is 0.222 e. The normalized spacial score (nSPS) is 14.2. The van der Waals surface area contributed by atoms with E-state index in [1.165, 1.54) is 6.92 Å². The Morgan fingerprint density at radius 3 is 2.71 bits per heavy atom. The summed E-state index contributed by atoms with van der Waals surface area (Å²) in [5.41, 5.74) is 12.7. The van der Waals surface area contributed by atoms with Crippen molar-refractivity contribution in [3.8, 4) is 0 Å². The fourth-order valence-electron chi connectivity index (χ4n) is 1.52. The van der Waals surface area contributed by atoms with E-state index >= 15 is 0 Å². The number of carbonyl (C=O) groups excluding carboxylic acids is 1. The van der Waals surface area contributed by atoms with Crippen LogP contribution in [0.1, 0.15) is 18.2 Å². The molecule has 0 spiro atoms. The highest BCUT2D eigenvalue weighted by atomic mass is 16.2. The standard InChI is InChI=1S/C8H11N5O/c1-4(14)13-2-5-6(3-13)11-8(10)12-7(5)9/h2-3H2,1H3,(H4,9,10,11,12). The summed E-state index contributed by atoms with van der Waals surface area (Å²) in [6, 6.07) is 0. The number of rotatable bonds is 0. The molecule has 1 aromatic heterocycles. The number of carbonyl (C=O) groups is 1. The summed E-state index contributed by atoms with van der Waals surface area (Å²) in [6.45, 7) is 2.47. The van der Waals surface area contributed by atoms with Gasteiger partial charge in [-0.15, -0.1) is 0 Å². The number of hydrogen-bond donors (Lipinski definition) is 2. The molecule has 2 rings (SSSR count). The van der Waals surface area contributed by atoms with E-state index in [0.29, 0.717) is 18.9 Å². The van der Waals surface area contributed by atoms with Gasteiger partial charge in [-0.25, -0.2) is 4.98 Å². The molecule has 0 aromatic carbocycles. The lowest BCUT2D eigenvalue weighted by atomic mass is 10.2. The van der Waals surface area contributed by atoms with Crippen molar-refractivity contribution >= 4 is 17.7 Å². The molecule has 0 unspecified atom stereocenters. The molecule has 0 aliphatic carbocycles. The molecule has 1 aromatic rings. The van der Waals surface area contributed by atoms with E-state index in [0.717, 1.165) is 11.3 Å². The molecule has 0 fully saturated rings. The Hall–Kier alpha value is -1.85. The van der Waals surface area contributed by atoms with Crippen LogP contribution in [0.2, 0.25) is 0 Å². The molecule has 0 bridgehead atoms. The second-order valence-electron chi connectivity index (χ2n) is 3.27. The topological polar surface area (TPSA) is 98.1 Å². The quantitative estimate of drug-likeness (QED) is 0.579. The number of nitrogens with zero attached hydrogens (tertiary/aromatic N) is 3. The van der Waals surface area contributed by atoms with Gasteiger partial charge in [-0.2, -0.15) is 4.98 Å². The van der Waals surface area contributed by atoms with Crippen molar-refractivity contribution in [1.29, 1.82) is 0 Å². The summed E-state index contributed by atoms with van der Waals surface area (Å²) in [6.07, 6.45) is 0. The summed E-state index contributed by atoms with van der Waals surface area (Å²) in [5.74, 6) is 0.531. The molecule has 1 amide bonds. The fourth-order valence-corrected chi connectivity index (χ4v) is 1.52. The molecular formula is C8H11N5O. The Kier molecular flexibility index (Phi) is 1.77. The van der Waals surface area contributed by atoms with Crippen LogP contribution < -0.4 is 11.5 Å². The van der Waals surface area contributed by atoms with E-state index in [2.05, 4.69) is 9.97 Å². The number of fused-ring (bicyclic) bond motifs is 1. The Labute approximate surface area is 80.9 Å². The molecule has 6 nitrogen and oxygen atoms in total. The van der Waals surface area contributed by atoms with E-state index in [9.17, 15) is 4.79 Å². The second kappa shape index (κ2) is 2.83. The zero-order valence-corrected chi connectivity index (χ0v) is 7.82. The highest BCUT2D eigenvalue weighted by Crippen LogP contribution is 2.25. The van der Waals surface area contributed by atoms with Crippen LogP contribution in [0, 0.1) is 0 Å². The predicted octanol–water partition coefficient (Wildman–Crippen LogP) is -0.497. The van der Waals surface area contributed by atoms with Crippen LogP contribution in [-0.2, 0) is 17.9 Å². The maximum atomic E-state index is 11.1. The van der Waals surface area contributed by atoms with Crippen LogP contribution in [0.4, 0.5) is 11.8 Å². The number of hydrogen-bond acceptors (Lipinski definition) is 5. The van der Waals surface area contributed by atoms with Gasteiger partial charge in [-0.3, -0.25) is 4.79 Å². The van der Waals surface area contributed by atoms with E-state index in [1.807, 2.05) is 0 Å². The van der Waals surface area contributed by atoms with Crippen molar-refractivity contribution in [2.75, 3.05) is 11.5 Å². The first kappa shape index (κ1) is 8.74. The maximum absolute atomic E-state index is 11.1. The van der Waals surface area contributed by atoms with Crippen molar-refractivity contribution in [2.24, 2.45) is 0 Å². The molecule has 1 aliphatic heterocycles.